The smallest absolute Gasteiger partial charge is 0.303 e. The molecule has 0 aliphatic carbocycles. The molecule has 2 fully saturated rings. The van der Waals surface area contributed by atoms with Gasteiger partial charge in [-0.15, -0.1) is 0 Å². The number of esters is 3. The van der Waals surface area contributed by atoms with Crippen LogP contribution in [0.1, 0.15) is 27.2 Å². The highest BCUT2D eigenvalue weighted by Gasteiger charge is 2.58. The Balaban J connectivity index is 2.04. The number of rotatable bonds is 4. The summed E-state index contributed by atoms with van der Waals surface area (Å²) in [6, 6.07) is 0. The second-order valence-electron chi connectivity index (χ2n) is 5.09. The first-order valence-corrected chi connectivity index (χ1v) is 6.51. The van der Waals surface area contributed by atoms with Crippen LogP contribution in [0.25, 0.3) is 0 Å². The van der Waals surface area contributed by atoms with Crippen molar-refractivity contribution in [2.75, 3.05) is 6.61 Å². The summed E-state index contributed by atoms with van der Waals surface area (Å²) in [5.74, 6) is -1.33. The third-order valence-electron chi connectivity index (χ3n) is 3.45. The second kappa shape index (κ2) is 5.78. The molecule has 2 rings (SSSR count). The van der Waals surface area contributed by atoms with Crippen molar-refractivity contribution in [3.8, 4) is 0 Å². The van der Waals surface area contributed by atoms with Crippen LogP contribution in [0, 0.1) is 5.92 Å². The number of ether oxygens (including phenoxy) is 4. The molecule has 7 nitrogen and oxygen atoms in total. The summed E-state index contributed by atoms with van der Waals surface area (Å²) in [6.45, 7) is 4.13. The van der Waals surface area contributed by atoms with Gasteiger partial charge in [-0.05, 0) is 6.42 Å². The molecule has 2 saturated heterocycles. The van der Waals surface area contributed by atoms with E-state index in [1.54, 1.807) is 0 Å². The Labute approximate surface area is 116 Å². The number of hydrogen-bond donors (Lipinski definition) is 0. The molecular formula is C13H18O7. The molecule has 0 aromatic heterocycles. The van der Waals surface area contributed by atoms with Gasteiger partial charge in [-0.25, -0.2) is 0 Å². The number of hydrogen-bond acceptors (Lipinski definition) is 7. The van der Waals surface area contributed by atoms with Gasteiger partial charge in [0.1, 0.15) is 6.10 Å². The molecule has 2 bridgehead atoms. The Morgan fingerprint density at radius 1 is 1.00 bits per heavy atom. The van der Waals surface area contributed by atoms with Gasteiger partial charge in [0.05, 0.1) is 12.7 Å². The number of carbonyl (C=O) groups is 3. The zero-order valence-electron chi connectivity index (χ0n) is 11.7. The Kier molecular flexibility index (Phi) is 4.27. The maximum absolute atomic E-state index is 11.2. The van der Waals surface area contributed by atoms with Crippen LogP contribution in [0.3, 0.4) is 0 Å². The second-order valence-corrected chi connectivity index (χ2v) is 5.09. The van der Waals surface area contributed by atoms with Crippen molar-refractivity contribution in [3.63, 3.8) is 0 Å². The van der Waals surface area contributed by atoms with Gasteiger partial charge in [0.15, 0.2) is 12.2 Å². The van der Waals surface area contributed by atoms with E-state index in [4.69, 9.17) is 18.9 Å². The van der Waals surface area contributed by atoms with Crippen molar-refractivity contribution in [2.24, 2.45) is 5.92 Å². The summed E-state index contributed by atoms with van der Waals surface area (Å²) < 4.78 is 21.1. The van der Waals surface area contributed by atoms with E-state index in [0.717, 1.165) is 0 Å². The van der Waals surface area contributed by atoms with E-state index in [1.165, 1.54) is 20.8 Å². The molecule has 0 aromatic carbocycles. The molecule has 0 N–H and O–H groups in total. The maximum atomic E-state index is 11.2. The molecule has 2 heterocycles. The molecule has 0 amide bonds. The van der Waals surface area contributed by atoms with E-state index in [1.807, 2.05) is 0 Å². The van der Waals surface area contributed by atoms with Gasteiger partial charge in [0.25, 0.3) is 0 Å². The molecule has 0 saturated carbocycles. The predicted molar refractivity (Wildman–Crippen MR) is 64.5 cm³/mol. The van der Waals surface area contributed by atoms with E-state index in [9.17, 15) is 14.4 Å². The van der Waals surface area contributed by atoms with Gasteiger partial charge < -0.3 is 18.9 Å². The van der Waals surface area contributed by atoms with E-state index in [-0.39, 0.29) is 24.6 Å². The fourth-order valence-electron chi connectivity index (χ4n) is 2.80. The zero-order chi connectivity index (χ0) is 14.9. The van der Waals surface area contributed by atoms with E-state index in [2.05, 4.69) is 0 Å². The van der Waals surface area contributed by atoms with E-state index >= 15 is 0 Å². The van der Waals surface area contributed by atoms with Crippen LogP contribution in [0.2, 0.25) is 0 Å². The molecule has 20 heavy (non-hydrogen) atoms. The molecule has 2 aliphatic heterocycles. The Bertz CT molecular complexity index is 417. The zero-order valence-corrected chi connectivity index (χ0v) is 11.7. The van der Waals surface area contributed by atoms with Crippen molar-refractivity contribution in [3.05, 3.63) is 0 Å². The highest BCUT2D eigenvalue weighted by molar-refractivity contribution is 5.68. The Morgan fingerprint density at radius 3 is 2.15 bits per heavy atom. The lowest BCUT2D eigenvalue weighted by Crippen LogP contribution is -2.47. The lowest BCUT2D eigenvalue weighted by Gasteiger charge is -2.31. The molecule has 0 radical (unpaired) electrons. The van der Waals surface area contributed by atoms with Crippen molar-refractivity contribution >= 4 is 17.9 Å². The molecule has 112 valence electrons. The number of fused-ring (bicyclic) bond motifs is 2. The predicted octanol–water partition coefficient (Wildman–Crippen LogP) is 0.200. The van der Waals surface area contributed by atoms with Gasteiger partial charge in [-0.3, -0.25) is 14.4 Å². The normalized spacial score (nSPS) is 34.6. The minimum atomic E-state index is -0.643. The Morgan fingerprint density at radius 2 is 1.60 bits per heavy atom. The molecular weight excluding hydrogens is 268 g/mol. The topological polar surface area (TPSA) is 88.1 Å². The third-order valence-corrected chi connectivity index (χ3v) is 3.45. The molecule has 0 aromatic rings. The summed E-state index contributed by atoms with van der Waals surface area (Å²) in [4.78, 5) is 33.2. The van der Waals surface area contributed by atoms with Crippen LogP contribution in [-0.2, 0) is 33.3 Å². The monoisotopic (exact) mass is 286 g/mol. The third kappa shape index (κ3) is 3.09. The quantitative estimate of drug-likeness (QED) is 0.539. The molecule has 0 spiro atoms. The lowest BCUT2D eigenvalue weighted by molar-refractivity contribution is -0.168. The first-order chi connectivity index (χ1) is 9.38. The van der Waals surface area contributed by atoms with Crippen LogP contribution >= 0.6 is 0 Å². The fourth-order valence-corrected chi connectivity index (χ4v) is 2.80. The lowest BCUT2D eigenvalue weighted by atomic mass is 9.85. The minimum absolute atomic E-state index is 0.0555. The maximum Gasteiger partial charge on any atom is 0.303 e. The average molecular weight is 286 g/mol. The van der Waals surface area contributed by atoms with Gasteiger partial charge in [-0.1, -0.05) is 0 Å². The highest BCUT2D eigenvalue weighted by Crippen LogP contribution is 2.42. The van der Waals surface area contributed by atoms with Crippen molar-refractivity contribution in [1.82, 2.24) is 0 Å². The van der Waals surface area contributed by atoms with Gasteiger partial charge in [0, 0.05) is 26.7 Å². The average Bonchev–Trinajstić information content (AvgIpc) is 2.85. The standard InChI is InChI=1S/C13H18O7/c1-6(14)17-5-9-4-10-12(18-7(2)15)13(11(9)20-10)19-8(3)16/h9-13H,4-5H2,1-3H3/t9-,10-,11+,12+,13+/m1/s1. The molecule has 0 unspecified atom stereocenters. The molecule has 2 aliphatic rings. The fraction of sp³-hybridized carbons (Fsp3) is 0.769. The summed E-state index contributed by atoms with van der Waals surface area (Å²) >= 11 is 0. The highest BCUT2D eigenvalue weighted by atomic mass is 16.6. The summed E-state index contributed by atoms with van der Waals surface area (Å²) in [5.41, 5.74) is 0. The first-order valence-electron chi connectivity index (χ1n) is 6.51. The van der Waals surface area contributed by atoms with Crippen LogP contribution in [-0.4, -0.2) is 48.9 Å². The van der Waals surface area contributed by atoms with Crippen LogP contribution in [0.5, 0.6) is 0 Å². The van der Waals surface area contributed by atoms with Crippen molar-refractivity contribution in [2.45, 2.75) is 51.6 Å². The SMILES string of the molecule is CC(=O)OC[C@H]1C[C@H]2O[C@@H]1[C@H](OC(C)=O)[C@H]2OC(C)=O. The molecule has 5 atom stereocenters. The number of carbonyl (C=O) groups excluding carboxylic acids is 3. The first kappa shape index (κ1) is 14.8. The van der Waals surface area contributed by atoms with Crippen LogP contribution in [0.4, 0.5) is 0 Å². The minimum Gasteiger partial charge on any atom is -0.465 e. The van der Waals surface area contributed by atoms with Crippen LogP contribution < -0.4 is 0 Å². The Hall–Kier alpha value is -1.63. The molecule has 7 heteroatoms. The summed E-state index contributed by atoms with van der Waals surface area (Å²) in [5, 5.41) is 0. The van der Waals surface area contributed by atoms with Gasteiger partial charge in [0.2, 0.25) is 0 Å². The van der Waals surface area contributed by atoms with Crippen molar-refractivity contribution in [1.29, 1.82) is 0 Å². The van der Waals surface area contributed by atoms with Crippen molar-refractivity contribution < 1.29 is 33.3 Å². The summed E-state index contributed by atoms with van der Waals surface area (Å²) in [6.07, 6.45) is -1.36. The van der Waals surface area contributed by atoms with E-state index < -0.39 is 30.3 Å². The van der Waals surface area contributed by atoms with Gasteiger partial charge >= 0.3 is 17.9 Å². The van der Waals surface area contributed by atoms with Gasteiger partial charge in [-0.2, -0.15) is 0 Å². The van der Waals surface area contributed by atoms with E-state index in [0.29, 0.717) is 6.42 Å². The summed E-state index contributed by atoms with van der Waals surface area (Å²) in [7, 11) is 0. The largest absolute Gasteiger partial charge is 0.465 e. The van der Waals surface area contributed by atoms with Crippen LogP contribution in [0.15, 0.2) is 0 Å².